The van der Waals surface area contributed by atoms with Crippen LogP contribution in [0.5, 0.6) is 5.75 Å². The lowest BCUT2D eigenvalue weighted by molar-refractivity contribution is -0.121. The maximum atomic E-state index is 12.4. The minimum Gasteiger partial charge on any atom is -0.496 e. The van der Waals surface area contributed by atoms with Gasteiger partial charge in [-0.25, -0.2) is 5.43 Å². The van der Waals surface area contributed by atoms with Gasteiger partial charge in [-0.05, 0) is 36.6 Å². The van der Waals surface area contributed by atoms with Crippen molar-refractivity contribution in [1.29, 1.82) is 0 Å². The van der Waals surface area contributed by atoms with Gasteiger partial charge in [-0.15, -0.1) is 0 Å². The van der Waals surface area contributed by atoms with Gasteiger partial charge in [0.2, 0.25) is 0 Å². The van der Waals surface area contributed by atoms with Gasteiger partial charge >= 0.3 is 0 Å². The van der Waals surface area contributed by atoms with E-state index in [1.165, 1.54) is 0 Å². The third kappa shape index (κ3) is 4.65. The number of nitrogens with zero attached hydrogens (tertiary/aromatic N) is 1. The van der Waals surface area contributed by atoms with Crippen LogP contribution in [0.3, 0.4) is 0 Å². The predicted molar refractivity (Wildman–Crippen MR) is 113 cm³/mol. The van der Waals surface area contributed by atoms with E-state index >= 15 is 0 Å². The molecule has 1 atom stereocenters. The molecule has 2 N–H and O–H groups in total. The Morgan fingerprint density at radius 1 is 1.15 bits per heavy atom. The first kappa shape index (κ1) is 18.9. The first-order chi connectivity index (χ1) is 13.1. The van der Waals surface area contributed by atoms with Gasteiger partial charge in [0.15, 0.2) is 0 Å². The lowest BCUT2D eigenvalue weighted by Crippen LogP contribution is -2.34. The molecule has 138 valence electrons. The van der Waals surface area contributed by atoms with Crippen LogP contribution in [0.4, 0.5) is 5.69 Å². The summed E-state index contributed by atoms with van der Waals surface area (Å²) in [6.07, 6.45) is 1.56. The number of carbonyl (C=O) groups is 1. The summed E-state index contributed by atoms with van der Waals surface area (Å²) in [4.78, 5) is 12.4. The van der Waals surface area contributed by atoms with Crippen molar-refractivity contribution < 1.29 is 9.53 Å². The molecular formula is C21H20BrN3O2. The van der Waals surface area contributed by atoms with E-state index in [0.29, 0.717) is 5.75 Å². The standard InChI is InChI=1S/C21H20BrN3O2/c1-14(24-19-9-5-7-15-6-3-4-8-18(15)19)21(26)25-23-13-16-12-17(22)10-11-20(16)27-2/h3-14,24H,1-2H3,(H,25,26)/b23-13-/t14-/m1/s1. The van der Waals surface area contributed by atoms with Gasteiger partial charge in [0.1, 0.15) is 11.8 Å². The SMILES string of the molecule is COc1ccc(Br)cc1/C=N\NC(=O)[C@@H](C)Nc1cccc2ccccc12. The molecule has 6 heteroatoms. The van der Waals surface area contributed by atoms with Crippen molar-refractivity contribution in [3.63, 3.8) is 0 Å². The van der Waals surface area contributed by atoms with Gasteiger partial charge in [-0.2, -0.15) is 5.10 Å². The Labute approximate surface area is 166 Å². The molecule has 0 saturated carbocycles. The molecule has 27 heavy (non-hydrogen) atoms. The topological polar surface area (TPSA) is 62.7 Å². The Kier molecular flexibility index (Phi) is 6.08. The third-order valence-corrected chi connectivity index (χ3v) is 4.62. The average molecular weight is 426 g/mol. The first-order valence-corrected chi connectivity index (χ1v) is 9.28. The van der Waals surface area contributed by atoms with Crippen LogP contribution in [-0.2, 0) is 4.79 Å². The molecule has 0 saturated heterocycles. The lowest BCUT2D eigenvalue weighted by atomic mass is 10.1. The monoisotopic (exact) mass is 425 g/mol. The molecule has 0 aliphatic rings. The molecule has 0 fully saturated rings. The largest absolute Gasteiger partial charge is 0.496 e. The van der Waals surface area contributed by atoms with E-state index in [0.717, 1.165) is 26.5 Å². The highest BCUT2D eigenvalue weighted by molar-refractivity contribution is 9.10. The predicted octanol–water partition coefficient (Wildman–Crippen LogP) is 4.56. The van der Waals surface area contributed by atoms with Crippen LogP contribution < -0.4 is 15.5 Å². The minimum atomic E-state index is -0.447. The van der Waals surface area contributed by atoms with E-state index < -0.39 is 6.04 Å². The first-order valence-electron chi connectivity index (χ1n) is 8.49. The fraction of sp³-hybridized carbons (Fsp3) is 0.143. The Bertz CT molecular complexity index is 983. The van der Waals surface area contributed by atoms with Crippen molar-refractivity contribution in [1.82, 2.24) is 5.43 Å². The number of methoxy groups -OCH3 is 1. The maximum absolute atomic E-state index is 12.4. The molecule has 3 aromatic rings. The fourth-order valence-electron chi connectivity index (χ4n) is 2.72. The molecule has 5 nitrogen and oxygen atoms in total. The van der Waals surface area contributed by atoms with E-state index in [1.54, 1.807) is 20.2 Å². The number of nitrogens with one attached hydrogen (secondary N) is 2. The second-order valence-electron chi connectivity index (χ2n) is 6.01. The van der Waals surface area contributed by atoms with Crippen molar-refractivity contribution in [3.05, 3.63) is 70.7 Å². The van der Waals surface area contributed by atoms with Crippen LogP contribution in [0.1, 0.15) is 12.5 Å². The molecule has 0 aromatic heterocycles. The zero-order chi connectivity index (χ0) is 19.2. The van der Waals surface area contributed by atoms with E-state index in [1.807, 2.05) is 60.7 Å². The smallest absolute Gasteiger partial charge is 0.262 e. The highest BCUT2D eigenvalue weighted by atomic mass is 79.9. The van der Waals surface area contributed by atoms with Crippen LogP contribution in [0.25, 0.3) is 10.8 Å². The summed E-state index contributed by atoms with van der Waals surface area (Å²) in [5.74, 6) is 0.450. The van der Waals surface area contributed by atoms with Crippen LogP contribution >= 0.6 is 15.9 Å². The lowest BCUT2D eigenvalue weighted by Gasteiger charge is -2.15. The number of carbonyl (C=O) groups excluding carboxylic acids is 1. The third-order valence-electron chi connectivity index (χ3n) is 4.13. The second-order valence-corrected chi connectivity index (χ2v) is 6.93. The molecule has 0 spiro atoms. The summed E-state index contributed by atoms with van der Waals surface area (Å²) in [6.45, 7) is 1.80. The quantitative estimate of drug-likeness (QED) is 0.449. The normalized spacial score (nSPS) is 12.1. The second kappa shape index (κ2) is 8.68. The number of anilines is 1. The average Bonchev–Trinajstić information content (AvgIpc) is 2.68. The minimum absolute atomic E-state index is 0.229. The fourth-order valence-corrected chi connectivity index (χ4v) is 3.10. The number of hydrogen-bond donors (Lipinski definition) is 2. The number of rotatable bonds is 6. The van der Waals surface area contributed by atoms with Gasteiger partial charge in [-0.3, -0.25) is 4.79 Å². The summed E-state index contributed by atoms with van der Waals surface area (Å²) >= 11 is 3.41. The maximum Gasteiger partial charge on any atom is 0.262 e. The molecular weight excluding hydrogens is 406 g/mol. The van der Waals surface area contributed by atoms with E-state index in [-0.39, 0.29) is 5.91 Å². The Hall–Kier alpha value is -2.86. The van der Waals surface area contributed by atoms with Crippen LogP contribution in [0, 0.1) is 0 Å². The number of ether oxygens (including phenoxy) is 1. The van der Waals surface area contributed by atoms with Gasteiger partial charge in [-0.1, -0.05) is 52.3 Å². The van der Waals surface area contributed by atoms with E-state index in [9.17, 15) is 4.79 Å². The summed E-state index contributed by atoms with van der Waals surface area (Å²) in [6, 6.07) is 19.1. The summed E-state index contributed by atoms with van der Waals surface area (Å²) in [5.41, 5.74) is 4.24. The highest BCUT2D eigenvalue weighted by Gasteiger charge is 2.13. The van der Waals surface area contributed by atoms with Crippen molar-refractivity contribution in [2.24, 2.45) is 5.10 Å². The molecule has 0 heterocycles. The van der Waals surface area contributed by atoms with Crippen molar-refractivity contribution in [2.75, 3.05) is 12.4 Å². The number of amides is 1. The van der Waals surface area contributed by atoms with Crippen LogP contribution in [0.2, 0.25) is 0 Å². The van der Waals surface area contributed by atoms with Gasteiger partial charge in [0.25, 0.3) is 5.91 Å². The van der Waals surface area contributed by atoms with Gasteiger partial charge < -0.3 is 10.1 Å². The number of benzene rings is 3. The Balaban J connectivity index is 1.67. The van der Waals surface area contributed by atoms with Crippen LogP contribution in [0.15, 0.2) is 70.2 Å². The molecule has 3 aromatic carbocycles. The van der Waals surface area contributed by atoms with E-state index in [2.05, 4.69) is 31.8 Å². The molecule has 0 bridgehead atoms. The summed E-state index contributed by atoms with van der Waals surface area (Å²) in [7, 11) is 1.59. The highest BCUT2D eigenvalue weighted by Crippen LogP contribution is 2.23. The zero-order valence-corrected chi connectivity index (χ0v) is 16.7. The summed E-state index contributed by atoms with van der Waals surface area (Å²) < 4.78 is 6.19. The van der Waals surface area contributed by atoms with Crippen molar-refractivity contribution >= 4 is 44.5 Å². The zero-order valence-electron chi connectivity index (χ0n) is 15.1. The summed E-state index contributed by atoms with van der Waals surface area (Å²) in [5, 5.41) is 9.49. The number of halogens is 1. The molecule has 3 rings (SSSR count). The Morgan fingerprint density at radius 2 is 1.93 bits per heavy atom. The Morgan fingerprint density at radius 3 is 2.74 bits per heavy atom. The van der Waals surface area contributed by atoms with Crippen molar-refractivity contribution in [2.45, 2.75) is 13.0 Å². The number of fused-ring (bicyclic) bond motifs is 1. The number of hydrogen-bond acceptors (Lipinski definition) is 4. The molecule has 0 radical (unpaired) electrons. The molecule has 1 amide bonds. The van der Waals surface area contributed by atoms with Gasteiger partial charge in [0, 0.05) is 21.1 Å². The molecule has 0 unspecified atom stereocenters. The van der Waals surface area contributed by atoms with Crippen molar-refractivity contribution in [3.8, 4) is 5.75 Å². The van der Waals surface area contributed by atoms with E-state index in [4.69, 9.17) is 4.74 Å². The molecule has 0 aliphatic carbocycles. The van der Waals surface area contributed by atoms with Gasteiger partial charge in [0.05, 0.1) is 13.3 Å². The number of hydrazone groups is 1. The molecule has 0 aliphatic heterocycles. The van der Waals surface area contributed by atoms with Crippen LogP contribution in [-0.4, -0.2) is 25.3 Å².